The van der Waals surface area contributed by atoms with Crippen molar-refractivity contribution in [3.8, 4) is 0 Å². The summed E-state index contributed by atoms with van der Waals surface area (Å²) < 4.78 is 29.5. The van der Waals surface area contributed by atoms with Crippen LogP contribution in [0, 0.1) is 0 Å². The number of anilines is 1. The lowest BCUT2D eigenvalue weighted by Crippen LogP contribution is -2.34. The molecule has 0 bridgehead atoms. The molecule has 11 heteroatoms. The molecule has 0 unspecified atom stereocenters. The highest BCUT2D eigenvalue weighted by molar-refractivity contribution is 7.91. The molecule has 5 aromatic rings. The van der Waals surface area contributed by atoms with E-state index in [-0.39, 0.29) is 36.9 Å². The van der Waals surface area contributed by atoms with E-state index in [4.69, 9.17) is 0 Å². The van der Waals surface area contributed by atoms with E-state index < -0.39 is 21.5 Å². The van der Waals surface area contributed by atoms with Crippen LogP contribution in [0.5, 0.6) is 0 Å². The molecule has 4 aromatic carbocycles. The minimum Gasteiger partial charge on any atom is -0.350 e. The Morgan fingerprint density at radius 2 is 1.42 bits per heavy atom. The van der Waals surface area contributed by atoms with E-state index in [9.17, 15) is 22.8 Å². The van der Waals surface area contributed by atoms with Gasteiger partial charge in [0.25, 0.3) is 5.56 Å². The maximum Gasteiger partial charge on any atom is 0.275 e. The van der Waals surface area contributed by atoms with Crippen LogP contribution < -0.4 is 21.0 Å². The SMILES string of the molecule is O=C(Cn1c(=O)c(NS(=O)(=O)Cc2ccccc2)cc2ccccc21)NCc1ccccc1C=NNC(=O)Cc1ccccc1. The van der Waals surface area contributed by atoms with Crippen molar-refractivity contribution in [3.63, 3.8) is 0 Å². The van der Waals surface area contributed by atoms with E-state index in [1.807, 2.05) is 48.5 Å². The van der Waals surface area contributed by atoms with Crippen molar-refractivity contribution >= 4 is 44.6 Å². The summed E-state index contributed by atoms with van der Waals surface area (Å²) in [5.41, 5.74) is 5.10. The van der Waals surface area contributed by atoms with Crippen LogP contribution in [0.1, 0.15) is 22.3 Å². The first-order chi connectivity index (χ1) is 21.8. The van der Waals surface area contributed by atoms with E-state index >= 15 is 0 Å². The standard InChI is InChI=1S/C34H31N5O5S/c40-32(19-25-11-3-1-4-12-25)37-36-22-29-17-8-7-16-28(29)21-35-33(41)23-39-31-18-10-9-15-27(31)20-30(34(39)42)38-45(43,44)24-26-13-5-2-6-14-26/h1-18,20,22,38H,19,21,23-24H2,(H,35,41)(H,37,40). The van der Waals surface area contributed by atoms with Gasteiger partial charge in [-0.15, -0.1) is 0 Å². The number of rotatable bonds is 12. The summed E-state index contributed by atoms with van der Waals surface area (Å²) in [6, 6.07) is 33.6. The molecule has 1 heterocycles. The maximum absolute atomic E-state index is 13.5. The van der Waals surface area contributed by atoms with E-state index in [1.165, 1.54) is 16.8 Å². The summed E-state index contributed by atoms with van der Waals surface area (Å²) in [5.74, 6) is -1.01. The van der Waals surface area contributed by atoms with Gasteiger partial charge in [-0.3, -0.25) is 23.7 Å². The van der Waals surface area contributed by atoms with Gasteiger partial charge in [0.15, 0.2) is 0 Å². The molecule has 0 saturated carbocycles. The predicted octanol–water partition coefficient (Wildman–Crippen LogP) is 3.95. The van der Waals surface area contributed by atoms with Crippen molar-refractivity contribution in [3.05, 3.63) is 148 Å². The molecule has 0 radical (unpaired) electrons. The van der Waals surface area contributed by atoms with Crippen molar-refractivity contribution in [2.24, 2.45) is 5.10 Å². The molecule has 3 N–H and O–H groups in total. The Morgan fingerprint density at radius 1 is 0.778 bits per heavy atom. The highest BCUT2D eigenvalue weighted by atomic mass is 32.2. The zero-order valence-electron chi connectivity index (χ0n) is 24.2. The van der Waals surface area contributed by atoms with Crippen molar-refractivity contribution < 1.29 is 18.0 Å². The summed E-state index contributed by atoms with van der Waals surface area (Å²) in [7, 11) is -3.91. The third-order valence-corrected chi connectivity index (χ3v) is 8.15. The number of pyridine rings is 1. The topological polar surface area (TPSA) is 139 Å². The molecule has 0 saturated heterocycles. The van der Waals surface area contributed by atoms with Crippen molar-refractivity contribution in [1.82, 2.24) is 15.3 Å². The normalized spacial score (nSPS) is 11.4. The Hall–Kier alpha value is -5.55. The molecule has 2 amide bonds. The van der Waals surface area contributed by atoms with Crippen molar-refractivity contribution in [2.75, 3.05) is 4.72 Å². The van der Waals surface area contributed by atoms with Gasteiger partial charge in [0, 0.05) is 11.9 Å². The fourth-order valence-electron chi connectivity index (χ4n) is 4.76. The lowest BCUT2D eigenvalue weighted by molar-refractivity contribution is -0.122. The number of carbonyl (C=O) groups excluding carboxylic acids is 2. The number of nitrogens with zero attached hydrogens (tertiary/aromatic N) is 2. The fourth-order valence-corrected chi connectivity index (χ4v) is 5.95. The Kier molecular flexibility index (Phi) is 9.80. The van der Waals surface area contributed by atoms with Crippen LogP contribution in [-0.4, -0.2) is 31.0 Å². The third kappa shape index (κ3) is 8.52. The average molecular weight is 622 g/mol. The zero-order chi connectivity index (χ0) is 31.6. The molecule has 1 aromatic heterocycles. The third-order valence-electron chi connectivity index (χ3n) is 6.90. The summed E-state index contributed by atoms with van der Waals surface area (Å²) >= 11 is 0. The van der Waals surface area contributed by atoms with E-state index in [1.54, 1.807) is 60.7 Å². The number of carbonyl (C=O) groups is 2. The number of hydrogen-bond donors (Lipinski definition) is 3. The lowest BCUT2D eigenvalue weighted by Gasteiger charge is -2.15. The number of aromatic nitrogens is 1. The Balaban J connectivity index is 1.27. The fraction of sp³-hybridized carbons (Fsp3) is 0.118. The van der Waals surface area contributed by atoms with Gasteiger partial charge in [0.2, 0.25) is 21.8 Å². The smallest absolute Gasteiger partial charge is 0.275 e. The second-order valence-corrected chi connectivity index (χ2v) is 12.0. The van der Waals surface area contributed by atoms with E-state index in [2.05, 4.69) is 20.6 Å². The van der Waals surface area contributed by atoms with Crippen LogP contribution in [0.15, 0.2) is 125 Å². The first kappa shape index (κ1) is 30.9. The second kappa shape index (κ2) is 14.3. The molecule has 0 spiro atoms. The summed E-state index contributed by atoms with van der Waals surface area (Å²) in [5, 5.41) is 7.49. The number of benzene rings is 4. The Morgan fingerprint density at radius 3 is 2.18 bits per heavy atom. The van der Waals surface area contributed by atoms with Gasteiger partial charge in [-0.2, -0.15) is 5.10 Å². The highest BCUT2D eigenvalue weighted by Crippen LogP contribution is 2.18. The van der Waals surface area contributed by atoms with Gasteiger partial charge in [0.1, 0.15) is 12.2 Å². The average Bonchev–Trinajstić information content (AvgIpc) is 3.03. The minimum absolute atomic E-state index is 0.134. The number of para-hydroxylation sites is 1. The van der Waals surface area contributed by atoms with Crippen LogP contribution >= 0.6 is 0 Å². The van der Waals surface area contributed by atoms with Gasteiger partial charge >= 0.3 is 0 Å². The second-order valence-electron chi connectivity index (χ2n) is 10.3. The molecule has 0 aliphatic heterocycles. The lowest BCUT2D eigenvalue weighted by atomic mass is 10.1. The van der Waals surface area contributed by atoms with Gasteiger partial charge in [-0.05, 0) is 34.4 Å². The number of hydrazone groups is 1. The first-order valence-electron chi connectivity index (χ1n) is 14.1. The minimum atomic E-state index is -3.91. The van der Waals surface area contributed by atoms with Crippen LogP contribution in [0.2, 0.25) is 0 Å². The maximum atomic E-state index is 13.5. The summed E-state index contributed by atoms with van der Waals surface area (Å²) in [6.45, 7) is -0.200. The van der Waals surface area contributed by atoms with E-state index in [0.717, 1.165) is 11.1 Å². The zero-order valence-corrected chi connectivity index (χ0v) is 25.0. The molecule has 0 atom stereocenters. The molecule has 228 valence electrons. The molecule has 0 aliphatic carbocycles. The van der Waals surface area contributed by atoms with E-state index in [0.29, 0.717) is 22.0 Å². The van der Waals surface area contributed by atoms with Crippen LogP contribution in [-0.2, 0) is 44.9 Å². The number of fused-ring (bicyclic) bond motifs is 1. The highest BCUT2D eigenvalue weighted by Gasteiger charge is 2.18. The molecule has 45 heavy (non-hydrogen) atoms. The van der Waals surface area contributed by atoms with Gasteiger partial charge in [-0.25, -0.2) is 13.8 Å². The monoisotopic (exact) mass is 621 g/mol. The van der Waals surface area contributed by atoms with Crippen molar-refractivity contribution in [2.45, 2.75) is 25.3 Å². The van der Waals surface area contributed by atoms with Gasteiger partial charge in [-0.1, -0.05) is 103 Å². The van der Waals surface area contributed by atoms with Gasteiger partial charge < -0.3 is 5.32 Å². The van der Waals surface area contributed by atoms with Crippen LogP contribution in [0.4, 0.5) is 5.69 Å². The molecule has 10 nitrogen and oxygen atoms in total. The predicted molar refractivity (Wildman–Crippen MR) is 175 cm³/mol. The summed E-state index contributed by atoms with van der Waals surface area (Å²) in [4.78, 5) is 38.8. The van der Waals surface area contributed by atoms with Crippen molar-refractivity contribution in [1.29, 1.82) is 0 Å². The summed E-state index contributed by atoms with van der Waals surface area (Å²) in [6.07, 6.45) is 1.70. The molecule has 0 aliphatic rings. The number of nitrogens with one attached hydrogen (secondary N) is 3. The number of hydrogen-bond acceptors (Lipinski definition) is 6. The largest absolute Gasteiger partial charge is 0.350 e. The first-order valence-corrected chi connectivity index (χ1v) is 15.8. The van der Waals surface area contributed by atoms with Crippen LogP contribution in [0.25, 0.3) is 10.9 Å². The molecular weight excluding hydrogens is 590 g/mol. The van der Waals surface area contributed by atoms with Gasteiger partial charge in [0.05, 0.1) is 23.9 Å². The Labute approximate surface area is 260 Å². The number of amides is 2. The molecular formula is C34H31N5O5S. The molecule has 5 rings (SSSR count). The van der Waals surface area contributed by atoms with Crippen LogP contribution in [0.3, 0.4) is 0 Å². The quantitative estimate of drug-likeness (QED) is 0.143. The number of sulfonamides is 1. The Bertz CT molecular complexity index is 2010. The molecule has 0 fully saturated rings.